The fourth-order valence-electron chi connectivity index (χ4n) is 8.27. The van der Waals surface area contributed by atoms with E-state index in [-0.39, 0.29) is 0 Å². The number of aryl methyl sites for hydroxylation is 2. The summed E-state index contributed by atoms with van der Waals surface area (Å²) in [5.74, 6) is 1.42. The third kappa shape index (κ3) is 10.7. The summed E-state index contributed by atoms with van der Waals surface area (Å²) in [6, 6.07) is 44.8. The van der Waals surface area contributed by atoms with E-state index < -0.39 is 0 Å². The Bertz CT molecular complexity index is 3500. The van der Waals surface area contributed by atoms with E-state index in [9.17, 15) is 0 Å². The second-order valence-electron chi connectivity index (χ2n) is 15.9. The zero-order valence-corrected chi connectivity index (χ0v) is 43.0. The van der Waals surface area contributed by atoms with Crippen LogP contribution in [0.15, 0.2) is 188 Å². The Hall–Kier alpha value is -8.76. The zero-order valence-electron chi connectivity index (χ0n) is 43.0. The molecule has 0 unspecified atom stereocenters. The number of nitrogens with zero attached hydrogens (tertiary/aromatic N) is 10. The highest BCUT2D eigenvalue weighted by Crippen LogP contribution is 2.37. The summed E-state index contributed by atoms with van der Waals surface area (Å²) < 4.78 is 4.20. The van der Waals surface area contributed by atoms with Crippen LogP contribution in [0.5, 0.6) is 0 Å². The number of allylic oxidation sites excluding steroid dienone is 2. The molecule has 360 valence electrons. The summed E-state index contributed by atoms with van der Waals surface area (Å²) in [5.41, 5.74) is 15.5. The lowest BCUT2D eigenvalue weighted by molar-refractivity contribution is 1.07. The van der Waals surface area contributed by atoms with Crippen LogP contribution in [-0.2, 0) is 0 Å². The molecule has 11 rings (SSSR count). The van der Waals surface area contributed by atoms with Gasteiger partial charge in [0.15, 0.2) is 11.3 Å². The first-order valence-corrected chi connectivity index (χ1v) is 24.7. The molecule has 0 amide bonds. The number of hydrogen-bond donors (Lipinski definition) is 0. The predicted molar refractivity (Wildman–Crippen MR) is 303 cm³/mol. The molecule has 0 aliphatic carbocycles. The summed E-state index contributed by atoms with van der Waals surface area (Å²) >= 11 is 0. The third-order valence-corrected chi connectivity index (χ3v) is 11.7. The lowest BCUT2D eigenvalue weighted by Gasteiger charge is -2.15. The molecule has 0 spiro atoms. The molecule has 0 saturated heterocycles. The van der Waals surface area contributed by atoms with Crippen LogP contribution in [0.1, 0.15) is 76.4 Å². The molecule has 0 aliphatic rings. The van der Waals surface area contributed by atoms with Gasteiger partial charge in [-0.25, -0.2) is 19.9 Å². The largest absolute Gasteiger partial charge is 0.274 e. The van der Waals surface area contributed by atoms with E-state index >= 15 is 0 Å². The number of hydrogen-bond acceptors (Lipinski definition) is 8. The van der Waals surface area contributed by atoms with Crippen molar-refractivity contribution in [1.29, 1.82) is 0 Å². The Balaban J connectivity index is 0.000000365. The Kier molecular flexibility index (Phi) is 17.2. The average Bonchev–Trinajstić information content (AvgIpc) is 4.03. The van der Waals surface area contributed by atoms with Gasteiger partial charge in [0.1, 0.15) is 22.7 Å². The molecule has 10 heteroatoms. The summed E-state index contributed by atoms with van der Waals surface area (Å²) in [5, 5.41) is 2.04. The van der Waals surface area contributed by atoms with Crippen LogP contribution in [0, 0.1) is 20.8 Å². The van der Waals surface area contributed by atoms with Crippen LogP contribution >= 0.6 is 0 Å². The Morgan fingerprint density at radius 1 is 0.528 bits per heavy atom. The normalized spacial score (nSPS) is 11.0. The van der Waals surface area contributed by atoms with Crippen LogP contribution in [0.3, 0.4) is 0 Å². The lowest BCUT2D eigenvalue weighted by atomic mass is 10.0. The van der Waals surface area contributed by atoms with Crippen molar-refractivity contribution in [3.63, 3.8) is 0 Å². The van der Waals surface area contributed by atoms with E-state index in [1.807, 2.05) is 135 Å². The maximum Gasteiger partial charge on any atom is 0.165 e. The highest BCUT2D eigenvalue weighted by molar-refractivity contribution is 6.03. The van der Waals surface area contributed by atoms with E-state index in [0.29, 0.717) is 11.6 Å². The topological polar surface area (TPSA) is 112 Å². The molecule has 0 fully saturated rings. The second kappa shape index (κ2) is 24.2. The standard InChI is InChI=1S/C44H30N10.C12H14.3C2H6/c1-27(50-34-14-7-19-45-28(34)2)31-24-32(41-51-35-15-8-22-48-43(35)53(41)37-17-3-10-29-12-5-20-46-39(29)37)26-33(25-31)42-52-36-16-9-23-49-44(36)54(42)38-18-4-11-30-13-6-21-47-40(30)38;1-4-5-8-12-9-6-7-10(2)11(12)3;3*1-2/h3-26H,1-2H3;4-9H,1H2,2-3H3;3*1-2H3/b;8-5-;;;. The Morgan fingerprint density at radius 3 is 1.53 bits per heavy atom. The van der Waals surface area contributed by atoms with Gasteiger partial charge in [-0.3, -0.25) is 29.1 Å². The molecule has 10 nitrogen and oxygen atoms in total. The number of benzene rings is 4. The highest BCUT2D eigenvalue weighted by atomic mass is 15.2. The van der Waals surface area contributed by atoms with Crippen molar-refractivity contribution < 1.29 is 0 Å². The molecule has 4 aromatic carbocycles. The van der Waals surface area contributed by atoms with Crippen molar-refractivity contribution in [2.75, 3.05) is 0 Å². The van der Waals surface area contributed by atoms with Crippen LogP contribution in [0.4, 0.5) is 5.69 Å². The minimum Gasteiger partial charge on any atom is -0.274 e. The molecule has 7 heterocycles. The SMILES string of the molecule is C=C/C=C\c1cccc(C)c1C.CC.CC.CC.CC(=Nc1cccnc1C)c1cc(-c2nc3cccnc3n2-c2cccc3cccnc23)cc(-c2nc3cccnc3n2-c2cccc3cccnc23)c1. The van der Waals surface area contributed by atoms with E-state index in [4.69, 9.17) is 34.9 Å². The molecule has 0 N–H and O–H groups in total. The van der Waals surface area contributed by atoms with E-state index in [0.717, 1.165) is 89.3 Å². The number of imidazole rings is 2. The van der Waals surface area contributed by atoms with Crippen molar-refractivity contribution in [2.45, 2.75) is 69.2 Å². The Morgan fingerprint density at radius 2 is 1.00 bits per heavy atom. The quantitative estimate of drug-likeness (QED) is 0.110. The number of pyridine rings is 5. The summed E-state index contributed by atoms with van der Waals surface area (Å²) in [6.45, 7) is 23.9. The molecular weight excluding hydrogens is 885 g/mol. The monoisotopic (exact) mass is 947 g/mol. The fraction of sp³-hybridized carbons (Fsp3) is 0.161. The summed E-state index contributed by atoms with van der Waals surface area (Å²) in [4.78, 5) is 39.3. The Labute approximate surface area is 423 Å². The minimum absolute atomic E-state index is 0.711. The zero-order chi connectivity index (χ0) is 51.1. The second-order valence-corrected chi connectivity index (χ2v) is 15.9. The van der Waals surface area contributed by atoms with Crippen LogP contribution in [-0.4, -0.2) is 49.7 Å². The van der Waals surface area contributed by atoms with Crippen molar-refractivity contribution in [2.24, 2.45) is 4.99 Å². The number of rotatable bonds is 8. The first-order chi connectivity index (χ1) is 35.4. The fourth-order valence-corrected chi connectivity index (χ4v) is 8.27. The molecule has 0 saturated carbocycles. The predicted octanol–water partition coefficient (Wildman–Crippen LogP) is 16.0. The van der Waals surface area contributed by atoms with Gasteiger partial charge in [-0.2, -0.15) is 0 Å². The van der Waals surface area contributed by atoms with Gasteiger partial charge < -0.3 is 0 Å². The summed E-state index contributed by atoms with van der Waals surface area (Å²) in [7, 11) is 0. The minimum atomic E-state index is 0.711. The average molecular weight is 947 g/mol. The van der Waals surface area contributed by atoms with Crippen LogP contribution < -0.4 is 0 Å². The van der Waals surface area contributed by atoms with Gasteiger partial charge in [-0.05, 0) is 129 Å². The smallest absolute Gasteiger partial charge is 0.165 e. The van der Waals surface area contributed by atoms with Gasteiger partial charge in [0.25, 0.3) is 0 Å². The molecule has 0 atom stereocenters. The van der Waals surface area contributed by atoms with Gasteiger partial charge in [-0.1, -0.05) is 121 Å². The van der Waals surface area contributed by atoms with Gasteiger partial charge >= 0.3 is 0 Å². The van der Waals surface area contributed by atoms with Crippen molar-refractivity contribution >= 4 is 61.6 Å². The van der Waals surface area contributed by atoms with Crippen molar-refractivity contribution in [3.05, 3.63) is 211 Å². The third-order valence-electron chi connectivity index (χ3n) is 11.7. The molecule has 11 aromatic rings. The first kappa shape index (κ1) is 51.1. The van der Waals surface area contributed by atoms with Crippen LogP contribution in [0.2, 0.25) is 0 Å². The molecule has 0 bridgehead atoms. The number of aliphatic imine (C=N–C) groups is 1. The highest BCUT2D eigenvalue weighted by Gasteiger charge is 2.23. The van der Waals surface area contributed by atoms with Crippen molar-refractivity contribution in [1.82, 2.24) is 44.0 Å². The van der Waals surface area contributed by atoms with E-state index in [1.54, 1.807) is 24.7 Å². The maximum absolute atomic E-state index is 5.24. The van der Waals surface area contributed by atoms with Gasteiger partial charge in [0.2, 0.25) is 0 Å². The molecule has 72 heavy (non-hydrogen) atoms. The van der Waals surface area contributed by atoms with Gasteiger partial charge in [0, 0.05) is 58.6 Å². The summed E-state index contributed by atoms with van der Waals surface area (Å²) in [6.07, 6.45) is 14.8. The van der Waals surface area contributed by atoms with E-state index in [2.05, 4.69) is 113 Å². The first-order valence-electron chi connectivity index (χ1n) is 24.7. The molecule has 0 aliphatic heterocycles. The maximum atomic E-state index is 5.24. The van der Waals surface area contributed by atoms with Crippen molar-refractivity contribution in [3.8, 4) is 34.2 Å². The number of fused-ring (bicyclic) bond motifs is 4. The lowest BCUT2D eigenvalue weighted by Crippen LogP contribution is -2.04. The molecule has 7 aromatic heterocycles. The molecule has 0 radical (unpaired) electrons. The van der Waals surface area contributed by atoms with E-state index in [1.165, 1.54) is 16.7 Å². The van der Waals surface area contributed by atoms with Gasteiger partial charge in [0.05, 0.1) is 33.8 Å². The number of aromatic nitrogens is 9. The van der Waals surface area contributed by atoms with Gasteiger partial charge in [-0.15, -0.1) is 0 Å². The van der Waals surface area contributed by atoms with Crippen LogP contribution in [0.25, 0.3) is 84.4 Å². The number of para-hydroxylation sites is 2. The molecular formula is C62H62N10.